The summed E-state index contributed by atoms with van der Waals surface area (Å²) in [6, 6.07) is 7.72. The van der Waals surface area contributed by atoms with Crippen LogP contribution in [0.4, 0.5) is 0 Å². The number of benzene rings is 1. The van der Waals surface area contributed by atoms with Gasteiger partial charge in [0.05, 0.1) is 0 Å². The number of ether oxygens (including phenoxy) is 1. The predicted molar refractivity (Wildman–Crippen MR) is 79.9 cm³/mol. The van der Waals surface area contributed by atoms with Gasteiger partial charge in [-0.1, -0.05) is 17.7 Å². The van der Waals surface area contributed by atoms with E-state index in [-0.39, 0.29) is 12.5 Å². The first-order valence-electron chi connectivity index (χ1n) is 7.41. The van der Waals surface area contributed by atoms with E-state index in [9.17, 15) is 4.79 Å². The maximum atomic E-state index is 11.7. The zero-order chi connectivity index (χ0) is 14.2. The molecule has 1 aromatic carbocycles. The van der Waals surface area contributed by atoms with Gasteiger partial charge in [-0.05, 0) is 57.3 Å². The second-order valence-electron chi connectivity index (χ2n) is 5.45. The van der Waals surface area contributed by atoms with Crippen LogP contribution in [-0.4, -0.2) is 32.1 Å². The van der Waals surface area contributed by atoms with Gasteiger partial charge in [0, 0.05) is 6.54 Å². The molecule has 1 aromatic rings. The van der Waals surface area contributed by atoms with Gasteiger partial charge in [-0.2, -0.15) is 0 Å². The van der Waals surface area contributed by atoms with Crippen molar-refractivity contribution in [1.29, 1.82) is 0 Å². The molecule has 1 aliphatic rings. The number of amides is 1. The predicted octanol–water partition coefficient (Wildman–Crippen LogP) is 1.88. The normalized spacial score (nSPS) is 18.6. The molecular weight excluding hydrogens is 252 g/mol. The summed E-state index contributed by atoms with van der Waals surface area (Å²) in [7, 11) is 0. The maximum absolute atomic E-state index is 11.7. The van der Waals surface area contributed by atoms with E-state index in [1.54, 1.807) is 0 Å². The van der Waals surface area contributed by atoms with E-state index in [0.717, 1.165) is 31.8 Å². The smallest absolute Gasteiger partial charge is 0.257 e. The van der Waals surface area contributed by atoms with Crippen LogP contribution < -0.4 is 15.4 Å². The molecule has 0 saturated carbocycles. The molecule has 0 spiro atoms. The summed E-state index contributed by atoms with van der Waals surface area (Å²) in [6.07, 6.45) is 3.56. The number of rotatable bonds is 6. The Kier molecular flexibility index (Phi) is 5.87. The summed E-state index contributed by atoms with van der Waals surface area (Å²) in [4.78, 5) is 11.7. The number of hydrogen-bond acceptors (Lipinski definition) is 3. The number of hydrogen-bond donors (Lipinski definition) is 2. The van der Waals surface area contributed by atoms with Gasteiger partial charge in [-0.3, -0.25) is 4.79 Å². The highest BCUT2D eigenvalue weighted by atomic mass is 16.5. The van der Waals surface area contributed by atoms with E-state index in [0.29, 0.717) is 5.92 Å². The van der Waals surface area contributed by atoms with Gasteiger partial charge >= 0.3 is 0 Å². The van der Waals surface area contributed by atoms with Crippen molar-refractivity contribution >= 4 is 5.91 Å². The second-order valence-corrected chi connectivity index (χ2v) is 5.45. The molecule has 4 nitrogen and oxygen atoms in total. The van der Waals surface area contributed by atoms with E-state index in [2.05, 4.69) is 10.6 Å². The van der Waals surface area contributed by atoms with Crippen LogP contribution in [0.3, 0.4) is 0 Å². The fraction of sp³-hybridized carbons (Fsp3) is 0.562. The Balaban J connectivity index is 1.59. The minimum Gasteiger partial charge on any atom is -0.484 e. The van der Waals surface area contributed by atoms with Crippen LogP contribution in [-0.2, 0) is 4.79 Å². The Labute approximate surface area is 120 Å². The van der Waals surface area contributed by atoms with Gasteiger partial charge in [-0.15, -0.1) is 0 Å². The van der Waals surface area contributed by atoms with Crippen molar-refractivity contribution in [2.75, 3.05) is 26.2 Å². The molecule has 0 bridgehead atoms. The molecule has 1 saturated heterocycles. The van der Waals surface area contributed by atoms with Crippen molar-refractivity contribution < 1.29 is 9.53 Å². The molecule has 0 aromatic heterocycles. The molecule has 2 N–H and O–H groups in total. The molecule has 0 radical (unpaired) electrons. The maximum Gasteiger partial charge on any atom is 0.257 e. The van der Waals surface area contributed by atoms with Gasteiger partial charge in [0.1, 0.15) is 5.75 Å². The van der Waals surface area contributed by atoms with E-state index in [4.69, 9.17) is 4.74 Å². The fourth-order valence-corrected chi connectivity index (χ4v) is 2.42. The standard InChI is InChI=1S/C16H24N2O2/c1-13-4-6-15(7-5-13)20-12-16(19)18-10-8-14-3-2-9-17-11-14/h4-7,14,17H,2-3,8-12H2,1H3,(H,18,19). The molecule has 1 amide bonds. The second kappa shape index (κ2) is 7.90. The van der Waals surface area contributed by atoms with Crippen molar-refractivity contribution in [3.63, 3.8) is 0 Å². The zero-order valence-electron chi connectivity index (χ0n) is 12.2. The van der Waals surface area contributed by atoms with E-state index >= 15 is 0 Å². The van der Waals surface area contributed by atoms with Gasteiger partial charge in [0.25, 0.3) is 5.91 Å². The summed E-state index contributed by atoms with van der Waals surface area (Å²) < 4.78 is 5.44. The quantitative estimate of drug-likeness (QED) is 0.834. The van der Waals surface area contributed by atoms with E-state index < -0.39 is 0 Å². The van der Waals surface area contributed by atoms with Gasteiger partial charge in [0.2, 0.25) is 0 Å². The Bertz CT molecular complexity index is 411. The largest absolute Gasteiger partial charge is 0.484 e. The average molecular weight is 276 g/mol. The van der Waals surface area contributed by atoms with Crippen LogP contribution in [0.5, 0.6) is 5.75 Å². The highest BCUT2D eigenvalue weighted by Gasteiger charge is 2.12. The Morgan fingerprint density at radius 3 is 2.90 bits per heavy atom. The molecule has 110 valence electrons. The lowest BCUT2D eigenvalue weighted by molar-refractivity contribution is -0.123. The summed E-state index contributed by atoms with van der Waals surface area (Å²) in [5.41, 5.74) is 1.18. The SMILES string of the molecule is Cc1ccc(OCC(=O)NCCC2CCCNC2)cc1. The molecule has 0 aliphatic carbocycles. The number of aryl methyl sites for hydroxylation is 1. The molecular formula is C16H24N2O2. The van der Waals surface area contributed by atoms with Crippen molar-refractivity contribution in [2.45, 2.75) is 26.2 Å². The van der Waals surface area contributed by atoms with Crippen LogP contribution in [0, 0.1) is 12.8 Å². The minimum absolute atomic E-state index is 0.0469. The first-order valence-corrected chi connectivity index (χ1v) is 7.41. The van der Waals surface area contributed by atoms with Crippen LogP contribution >= 0.6 is 0 Å². The number of carbonyl (C=O) groups excluding carboxylic acids is 1. The number of piperidine rings is 1. The minimum atomic E-state index is -0.0469. The molecule has 1 aliphatic heterocycles. The van der Waals surface area contributed by atoms with Crippen LogP contribution in [0.1, 0.15) is 24.8 Å². The summed E-state index contributed by atoms with van der Waals surface area (Å²) in [5.74, 6) is 1.39. The topological polar surface area (TPSA) is 50.4 Å². The molecule has 1 unspecified atom stereocenters. The molecule has 1 atom stereocenters. The van der Waals surface area contributed by atoms with Gasteiger partial charge in [-0.25, -0.2) is 0 Å². The highest BCUT2D eigenvalue weighted by Crippen LogP contribution is 2.13. The van der Waals surface area contributed by atoms with Gasteiger partial charge < -0.3 is 15.4 Å². The lowest BCUT2D eigenvalue weighted by Crippen LogP contribution is -2.34. The van der Waals surface area contributed by atoms with Crippen molar-refractivity contribution in [3.8, 4) is 5.75 Å². The number of nitrogens with one attached hydrogen (secondary N) is 2. The average Bonchev–Trinajstić information content (AvgIpc) is 2.48. The Morgan fingerprint density at radius 2 is 2.20 bits per heavy atom. The molecule has 4 heteroatoms. The highest BCUT2D eigenvalue weighted by molar-refractivity contribution is 5.77. The lowest BCUT2D eigenvalue weighted by atomic mass is 9.96. The molecule has 1 heterocycles. The van der Waals surface area contributed by atoms with E-state index in [1.807, 2.05) is 31.2 Å². The Morgan fingerprint density at radius 1 is 1.40 bits per heavy atom. The first-order chi connectivity index (χ1) is 9.74. The third-order valence-corrected chi connectivity index (χ3v) is 3.66. The van der Waals surface area contributed by atoms with Gasteiger partial charge in [0.15, 0.2) is 6.61 Å². The zero-order valence-corrected chi connectivity index (χ0v) is 12.2. The van der Waals surface area contributed by atoms with Crippen LogP contribution in [0.15, 0.2) is 24.3 Å². The Hall–Kier alpha value is -1.55. The fourth-order valence-electron chi connectivity index (χ4n) is 2.42. The third-order valence-electron chi connectivity index (χ3n) is 3.66. The van der Waals surface area contributed by atoms with Crippen molar-refractivity contribution in [1.82, 2.24) is 10.6 Å². The molecule has 1 fully saturated rings. The first kappa shape index (κ1) is 14.9. The summed E-state index contributed by atoms with van der Waals surface area (Å²) in [6.45, 7) is 5.06. The molecule has 20 heavy (non-hydrogen) atoms. The van der Waals surface area contributed by atoms with Crippen molar-refractivity contribution in [3.05, 3.63) is 29.8 Å². The van der Waals surface area contributed by atoms with Crippen molar-refractivity contribution in [2.24, 2.45) is 5.92 Å². The van der Waals surface area contributed by atoms with Crippen LogP contribution in [0.25, 0.3) is 0 Å². The van der Waals surface area contributed by atoms with Crippen LogP contribution in [0.2, 0.25) is 0 Å². The molecule has 2 rings (SSSR count). The summed E-state index contributed by atoms with van der Waals surface area (Å²) >= 11 is 0. The number of carbonyl (C=O) groups is 1. The monoisotopic (exact) mass is 276 g/mol. The lowest BCUT2D eigenvalue weighted by Gasteiger charge is -2.22. The third kappa shape index (κ3) is 5.21. The van der Waals surface area contributed by atoms with E-state index in [1.165, 1.54) is 18.4 Å². The summed E-state index contributed by atoms with van der Waals surface area (Å²) in [5, 5.41) is 6.31.